The number of hydrogen-bond donors (Lipinski definition) is 2. The number of benzene rings is 2. The SMILES string of the molecule is O=C(CCn1cncn1)Nc1ccc(C(/C=C(/c2cc(Cl)cc(Cl)c2)C(F)(F)F)=N\O)cc1. The molecule has 12 heteroatoms. The van der Waals surface area contributed by atoms with Gasteiger partial charge in [0.05, 0.1) is 12.1 Å². The van der Waals surface area contributed by atoms with E-state index in [4.69, 9.17) is 23.2 Å². The van der Waals surface area contributed by atoms with E-state index < -0.39 is 11.7 Å². The zero-order chi connectivity index (χ0) is 24.0. The highest BCUT2D eigenvalue weighted by Gasteiger charge is 2.35. The first-order valence-corrected chi connectivity index (χ1v) is 10.1. The molecule has 33 heavy (non-hydrogen) atoms. The van der Waals surface area contributed by atoms with Gasteiger partial charge < -0.3 is 10.5 Å². The summed E-state index contributed by atoms with van der Waals surface area (Å²) in [6.45, 7) is 0.337. The Kier molecular flexibility index (Phi) is 7.72. The molecule has 0 bridgehead atoms. The molecule has 2 aromatic carbocycles. The Morgan fingerprint density at radius 2 is 1.79 bits per heavy atom. The number of carbonyl (C=O) groups is 1. The number of rotatable bonds is 7. The molecule has 0 atom stereocenters. The summed E-state index contributed by atoms with van der Waals surface area (Å²) in [4.78, 5) is 15.8. The van der Waals surface area contributed by atoms with Crippen molar-refractivity contribution >= 4 is 46.1 Å². The van der Waals surface area contributed by atoms with Gasteiger partial charge in [-0.15, -0.1) is 0 Å². The molecule has 0 unspecified atom stereocenters. The monoisotopic (exact) mass is 497 g/mol. The molecule has 3 rings (SSSR count). The standard InChI is InChI=1S/C21H16Cl2F3N5O2/c22-15-7-14(8-16(23)9-15)18(21(24,25)26)10-19(30-33)13-1-3-17(4-2-13)29-20(32)5-6-31-12-27-11-28-31/h1-4,7-12,33H,5-6H2,(H,29,32)/b18-10-,30-19-. The van der Waals surface area contributed by atoms with E-state index in [1.54, 1.807) is 0 Å². The van der Waals surface area contributed by atoms with Gasteiger partial charge in [0, 0.05) is 27.7 Å². The van der Waals surface area contributed by atoms with Crippen molar-refractivity contribution in [1.29, 1.82) is 0 Å². The molecule has 0 saturated heterocycles. The zero-order valence-electron chi connectivity index (χ0n) is 16.7. The van der Waals surface area contributed by atoms with Crippen LogP contribution in [-0.4, -0.2) is 37.8 Å². The molecular weight excluding hydrogens is 482 g/mol. The van der Waals surface area contributed by atoms with Gasteiger partial charge in [-0.25, -0.2) is 4.98 Å². The van der Waals surface area contributed by atoms with Crippen molar-refractivity contribution < 1.29 is 23.2 Å². The number of amides is 1. The van der Waals surface area contributed by atoms with Crippen LogP contribution in [0.25, 0.3) is 5.57 Å². The van der Waals surface area contributed by atoms with Crippen molar-refractivity contribution in [3.05, 3.63) is 82.4 Å². The van der Waals surface area contributed by atoms with Crippen molar-refractivity contribution in [2.45, 2.75) is 19.1 Å². The maximum Gasteiger partial charge on any atom is 0.417 e. The fourth-order valence-corrected chi connectivity index (χ4v) is 3.38. The average molecular weight is 498 g/mol. The summed E-state index contributed by atoms with van der Waals surface area (Å²) in [6, 6.07) is 9.31. The number of oxime groups is 1. The van der Waals surface area contributed by atoms with E-state index in [1.165, 1.54) is 47.7 Å². The minimum absolute atomic E-state index is 0.0269. The first-order chi connectivity index (χ1) is 15.7. The Bertz CT molecular complexity index is 1160. The first kappa shape index (κ1) is 24.3. The summed E-state index contributed by atoms with van der Waals surface area (Å²) >= 11 is 11.7. The Morgan fingerprint density at radius 3 is 2.33 bits per heavy atom. The molecule has 0 saturated carbocycles. The van der Waals surface area contributed by atoms with Crippen molar-refractivity contribution in [3.63, 3.8) is 0 Å². The number of allylic oxidation sites excluding steroid dienone is 2. The molecule has 2 N–H and O–H groups in total. The van der Waals surface area contributed by atoms with Gasteiger partial charge in [0.2, 0.25) is 5.91 Å². The summed E-state index contributed by atoms with van der Waals surface area (Å²) < 4.78 is 42.6. The van der Waals surface area contributed by atoms with Crippen LogP contribution in [0.15, 0.2) is 66.4 Å². The summed E-state index contributed by atoms with van der Waals surface area (Å²) in [5.41, 5.74) is -1.11. The van der Waals surface area contributed by atoms with Gasteiger partial charge in [-0.3, -0.25) is 9.48 Å². The molecule has 0 radical (unpaired) electrons. The molecule has 172 valence electrons. The molecule has 0 fully saturated rings. The topological polar surface area (TPSA) is 92.4 Å². The minimum atomic E-state index is -4.78. The van der Waals surface area contributed by atoms with Crippen LogP contribution in [0, 0.1) is 0 Å². The third-order valence-electron chi connectivity index (χ3n) is 4.37. The highest BCUT2D eigenvalue weighted by molar-refractivity contribution is 6.35. The highest BCUT2D eigenvalue weighted by Crippen LogP contribution is 2.36. The van der Waals surface area contributed by atoms with Gasteiger partial charge in [0.1, 0.15) is 18.4 Å². The largest absolute Gasteiger partial charge is 0.417 e. The second-order valence-electron chi connectivity index (χ2n) is 6.73. The van der Waals surface area contributed by atoms with Crippen molar-refractivity contribution in [2.24, 2.45) is 5.16 Å². The van der Waals surface area contributed by atoms with Crippen LogP contribution in [-0.2, 0) is 11.3 Å². The van der Waals surface area contributed by atoms with Crippen LogP contribution in [0.3, 0.4) is 0 Å². The second-order valence-corrected chi connectivity index (χ2v) is 7.61. The van der Waals surface area contributed by atoms with E-state index in [2.05, 4.69) is 20.6 Å². The van der Waals surface area contributed by atoms with E-state index >= 15 is 0 Å². The van der Waals surface area contributed by atoms with Crippen LogP contribution in [0.2, 0.25) is 10.0 Å². The van der Waals surface area contributed by atoms with Gasteiger partial charge in [0.25, 0.3) is 0 Å². The molecule has 3 aromatic rings. The van der Waals surface area contributed by atoms with E-state index in [1.807, 2.05) is 0 Å². The van der Waals surface area contributed by atoms with E-state index in [-0.39, 0.29) is 39.2 Å². The zero-order valence-corrected chi connectivity index (χ0v) is 18.2. The van der Waals surface area contributed by atoms with Crippen molar-refractivity contribution in [1.82, 2.24) is 14.8 Å². The second kappa shape index (κ2) is 10.5. The number of anilines is 1. The van der Waals surface area contributed by atoms with E-state index in [9.17, 15) is 23.2 Å². The van der Waals surface area contributed by atoms with E-state index in [0.717, 1.165) is 12.1 Å². The third kappa shape index (κ3) is 6.80. The van der Waals surface area contributed by atoms with Gasteiger partial charge in [0.15, 0.2) is 0 Å². The van der Waals surface area contributed by atoms with E-state index in [0.29, 0.717) is 18.3 Å². The lowest BCUT2D eigenvalue weighted by molar-refractivity contribution is -0.116. The number of alkyl halides is 3. The summed E-state index contributed by atoms with van der Waals surface area (Å²) in [5, 5.41) is 19.0. The number of aromatic nitrogens is 3. The lowest BCUT2D eigenvalue weighted by Crippen LogP contribution is -2.15. The number of aryl methyl sites for hydroxylation is 1. The molecule has 1 aromatic heterocycles. The maximum atomic E-state index is 13.7. The van der Waals surface area contributed by atoms with Gasteiger partial charge in [-0.2, -0.15) is 18.3 Å². The summed E-state index contributed by atoms with van der Waals surface area (Å²) in [7, 11) is 0. The van der Waals surface area contributed by atoms with Crippen LogP contribution < -0.4 is 5.32 Å². The van der Waals surface area contributed by atoms with Crippen LogP contribution in [0.4, 0.5) is 18.9 Å². The molecule has 0 aliphatic carbocycles. The Morgan fingerprint density at radius 1 is 1.12 bits per heavy atom. The molecule has 0 aliphatic heterocycles. The molecule has 1 amide bonds. The first-order valence-electron chi connectivity index (χ1n) is 9.36. The normalized spacial score (nSPS) is 12.6. The number of nitrogens with one attached hydrogen (secondary N) is 1. The summed E-state index contributed by atoms with van der Waals surface area (Å²) in [5.74, 6) is -0.286. The number of halogens is 5. The average Bonchev–Trinajstić information content (AvgIpc) is 3.26. The van der Waals surface area contributed by atoms with Crippen molar-refractivity contribution in [3.8, 4) is 0 Å². The number of carbonyl (C=O) groups excluding carboxylic acids is 1. The number of hydrogen-bond acceptors (Lipinski definition) is 5. The number of nitrogens with zero attached hydrogens (tertiary/aromatic N) is 4. The molecule has 0 aliphatic rings. The van der Waals surface area contributed by atoms with Crippen LogP contribution >= 0.6 is 23.2 Å². The molecule has 7 nitrogen and oxygen atoms in total. The predicted molar refractivity (Wildman–Crippen MR) is 119 cm³/mol. The van der Waals surface area contributed by atoms with Crippen LogP contribution in [0.1, 0.15) is 17.5 Å². The van der Waals surface area contributed by atoms with Crippen LogP contribution in [0.5, 0.6) is 0 Å². The Balaban J connectivity index is 1.78. The van der Waals surface area contributed by atoms with Gasteiger partial charge in [-0.1, -0.05) is 40.5 Å². The Hall–Kier alpha value is -3.37. The quantitative estimate of drug-likeness (QED) is 0.258. The third-order valence-corrected chi connectivity index (χ3v) is 4.80. The van der Waals surface area contributed by atoms with Gasteiger partial charge >= 0.3 is 6.18 Å². The lowest BCUT2D eigenvalue weighted by atomic mass is 10.0. The van der Waals surface area contributed by atoms with Gasteiger partial charge in [-0.05, 0) is 42.0 Å². The fraction of sp³-hybridized carbons (Fsp3) is 0.143. The summed E-state index contributed by atoms with van der Waals surface area (Å²) in [6.07, 6.45) is -1.10. The predicted octanol–water partition coefficient (Wildman–Crippen LogP) is 5.44. The molecule has 0 spiro atoms. The highest BCUT2D eigenvalue weighted by atomic mass is 35.5. The Labute approximate surface area is 196 Å². The fourth-order valence-electron chi connectivity index (χ4n) is 2.86. The smallest absolute Gasteiger partial charge is 0.410 e. The lowest BCUT2D eigenvalue weighted by Gasteiger charge is -2.14. The van der Waals surface area contributed by atoms with Crippen molar-refractivity contribution in [2.75, 3.05) is 5.32 Å². The molecular formula is C21H16Cl2F3N5O2. The maximum absolute atomic E-state index is 13.7. The molecule has 1 heterocycles. The minimum Gasteiger partial charge on any atom is -0.410 e.